The second kappa shape index (κ2) is 10.9. The molecule has 52 heavy (non-hydrogen) atoms. The Hall–Kier alpha value is -6.70. The van der Waals surface area contributed by atoms with Crippen LogP contribution in [-0.4, -0.2) is 30.4 Å². The van der Waals surface area contributed by atoms with Crippen LogP contribution in [0.2, 0.25) is 0 Å². The summed E-state index contributed by atoms with van der Waals surface area (Å²) in [5, 5.41) is 23.9. The van der Waals surface area contributed by atoms with E-state index in [1.165, 1.54) is 18.3 Å². The fourth-order valence-corrected chi connectivity index (χ4v) is 7.55. The number of nitrogens with one attached hydrogen (secondary N) is 4. The number of benzene rings is 4. The molecule has 2 aliphatic heterocycles. The van der Waals surface area contributed by atoms with Crippen LogP contribution in [0, 0.1) is 34.9 Å². The first-order valence-corrected chi connectivity index (χ1v) is 16.0. The fourth-order valence-electron chi connectivity index (χ4n) is 7.55. The smallest absolute Gasteiger partial charge is 0.168 e. The summed E-state index contributed by atoms with van der Waals surface area (Å²) in [6.07, 6.45) is 6.16. The molecule has 2 aliphatic rings. The molecule has 8 aromatic rings. The predicted octanol–water partition coefficient (Wildman–Crippen LogP) is 9.09. The summed E-state index contributed by atoms with van der Waals surface area (Å²) in [7, 11) is 0. The number of para-hydroxylation sites is 1. The minimum atomic E-state index is -1.38. The van der Waals surface area contributed by atoms with Crippen molar-refractivity contribution in [2.75, 3.05) is 10.6 Å². The SMILES string of the molecule is Fc1cc(F)c(C2Nc3ccc(-c4cc(F)c(C5Nc6ccccc6-c6cnnc7[nH]cc5c67)c(F)c4F)cc3-c3cnnc4[nH]cc2c34)cc1F. The number of aromatic amines is 2. The summed E-state index contributed by atoms with van der Waals surface area (Å²) in [5.41, 5.74) is 4.03. The van der Waals surface area contributed by atoms with Gasteiger partial charge in [0.2, 0.25) is 0 Å². The van der Waals surface area contributed by atoms with Gasteiger partial charge in [-0.3, -0.25) is 0 Å². The van der Waals surface area contributed by atoms with Crippen LogP contribution in [0.15, 0.2) is 85.5 Å². The van der Waals surface area contributed by atoms with Gasteiger partial charge in [0, 0.05) is 85.1 Å². The molecule has 10 rings (SSSR count). The molecular weight excluding hydrogens is 682 g/mol. The van der Waals surface area contributed by atoms with Crippen LogP contribution >= 0.6 is 0 Å². The molecule has 8 nitrogen and oxygen atoms in total. The molecule has 254 valence electrons. The summed E-state index contributed by atoms with van der Waals surface area (Å²) in [4.78, 5) is 5.99. The van der Waals surface area contributed by atoms with Crippen molar-refractivity contribution in [3.05, 3.63) is 143 Å². The number of rotatable bonds is 3. The molecular formula is C38H20F6N8. The second-order valence-electron chi connectivity index (χ2n) is 12.6. The fraction of sp³-hybridized carbons (Fsp3) is 0.0526. The van der Waals surface area contributed by atoms with Crippen molar-refractivity contribution in [2.45, 2.75) is 12.1 Å². The lowest BCUT2D eigenvalue weighted by Gasteiger charge is -2.22. The van der Waals surface area contributed by atoms with Crippen LogP contribution in [0.1, 0.15) is 34.3 Å². The molecule has 0 radical (unpaired) electrons. The molecule has 4 N–H and O–H groups in total. The van der Waals surface area contributed by atoms with E-state index in [2.05, 4.69) is 41.0 Å². The van der Waals surface area contributed by atoms with Crippen LogP contribution in [0.3, 0.4) is 0 Å². The molecule has 0 amide bonds. The Labute approximate surface area is 288 Å². The molecule has 4 aromatic carbocycles. The van der Waals surface area contributed by atoms with Gasteiger partial charge in [0.25, 0.3) is 0 Å². The molecule has 4 aromatic heterocycles. The van der Waals surface area contributed by atoms with E-state index < -0.39 is 52.6 Å². The van der Waals surface area contributed by atoms with Crippen molar-refractivity contribution in [3.8, 4) is 33.4 Å². The highest BCUT2D eigenvalue weighted by Crippen LogP contribution is 2.48. The van der Waals surface area contributed by atoms with Crippen molar-refractivity contribution in [1.29, 1.82) is 0 Å². The van der Waals surface area contributed by atoms with Crippen molar-refractivity contribution in [1.82, 2.24) is 30.4 Å². The zero-order valence-electron chi connectivity index (χ0n) is 26.3. The average Bonchev–Trinajstić information content (AvgIpc) is 3.71. The third kappa shape index (κ3) is 4.23. The van der Waals surface area contributed by atoms with Crippen LogP contribution < -0.4 is 10.6 Å². The molecule has 0 saturated carbocycles. The Morgan fingerprint density at radius 3 is 1.88 bits per heavy atom. The number of nitrogens with zero attached hydrogens (tertiary/aromatic N) is 4. The van der Waals surface area contributed by atoms with E-state index in [9.17, 15) is 8.78 Å². The second-order valence-corrected chi connectivity index (χ2v) is 12.6. The monoisotopic (exact) mass is 702 g/mol. The van der Waals surface area contributed by atoms with Gasteiger partial charge in [-0.15, -0.1) is 10.2 Å². The van der Waals surface area contributed by atoms with Gasteiger partial charge in [-0.05, 0) is 35.9 Å². The number of fused-ring (bicyclic) bond motifs is 4. The summed E-state index contributed by atoms with van der Waals surface area (Å²) < 4.78 is 92.7. The zero-order chi connectivity index (χ0) is 35.4. The number of hydrogen-bond acceptors (Lipinski definition) is 6. The third-order valence-corrected chi connectivity index (χ3v) is 9.90. The van der Waals surface area contributed by atoms with Crippen molar-refractivity contribution >= 4 is 33.4 Å². The van der Waals surface area contributed by atoms with E-state index in [4.69, 9.17) is 0 Å². The largest absolute Gasteiger partial charge is 0.373 e. The highest BCUT2D eigenvalue weighted by molar-refractivity contribution is 6.02. The molecule has 2 atom stereocenters. The minimum Gasteiger partial charge on any atom is -0.373 e. The number of halogens is 6. The van der Waals surface area contributed by atoms with Crippen molar-refractivity contribution in [3.63, 3.8) is 0 Å². The predicted molar refractivity (Wildman–Crippen MR) is 181 cm³/mol. The number of anilines is 2. The first-order chi connectivity index (χ1) is 25.3. The van der Waals surface area contributed by atoms with Crippen LogP contribution in [0.25, 0.3) is 55.4 Å². The van der Waals surface area contributed by atoms with Gasteiger partial charge >= 0.3 is 0 Å². The first kappa shape index (κ1) is 30.2. The summed E-state index contributed by atoms with van der Waals surface area (Å²) in [6, 6.07) is 11.8. The highest BCUT2D eigenvalue weighted by Gasteiger charge is 2.34. The zero-order valence-corrected chi connectivity index (χ0v) is 26.3. The van der Waals surface area contributed by atoms with Gasteiger partial charge in [-0.2, -0.15) is 10.2 Å². The quantitative estimate of drug-likeness (QED) is 0.108. The number of aromatic nitrogens is 6. The minimum absolute atomic E-state index is 0.130. The lowest BCUT2D eigenvalue weighted by molar-refractivity contribution is 0.479. The first-order valence-electron chi connectivity index (χ1n) is 16.0. The average molecular weight is 703 g/mol. The third-order valence-electron chi connectivity index (χ3n) is 9.90. The van der Waals surface area contributed by atoms with Gasteiger partial charge in [-0.25, -0.2) is 26.3 Å². The normalized spacial score (nSPS) is 15.8. The number of hydrogen-bond donors (Lipinski definition) is 4. The molecule has 0 fully saturated rings. The van der Waals surface area contributed by atoms with Gasteiger partial charge in [0.1, 0.15) is 11.6 Å². The Kier molecular flexibility index (Phi) is 6.32. The highest BCUT2D eigenvalue weighted by atomic mass is 19.2. The summed E-state index contributed by atoms with van der Waals surface area (Å²) in [6.45, 7) is 0. The Morgan fingerprint density at radius 2 is 1.13 bits per heavy atom. The Balaban J connectivity index is 1.12. The number of H-pyrrole nitrogens is 2. The van der Waals surface area contributed by atoms with Gasteiger partial charge in [-0.1, -0.05) is 24.3 Å². The van der Waals surface area contributed by atoms with E-state index in [-0.39, 0.29) is 16.7 Å². The van der Waals surface area contributed by atoms with Gasteiger partial charge in [0.05, 0.1) is 30.0 Å². The van der Waals surface area contributed by atoms with Gasteiger partial charge in [0.15, 0.2) is 34.6 Å². The van der Waals surface area contributed by atoms with E-state index in [0.717, 1.165) is 17.7 Å². The van der Waals surface area contributed by atoms with Crippen LogP contribution in [0.4, 0.5) is 37.7 Å². The Bertz CT molecular complexity index is 2810. The van der Waals surface area contributed by atoms with Crippen molar-refractivity contribution in [2.24, 2.45) is 0 Å². The molecule has 14 heteroatoms. The van der Waals surface area contributed by atoms with Crippen molar-refractivity contribution < 1.29 is 26.3 Å². The standard InChI is InChI=1S/C38H20F6N8/c39-24-10-26(41)25(40)9-19(24)35-22-11-45-38-31(22)21(14-48-52-38)18-7-15(5-6-29(18)49-35)17-8-27(42)32(34(44)33(17)43)36-23-12-46-37-30(23)20(13-47-51-37)16-3-1-2-4-28(16)50-36/h1-14,35-36,49-50H,(H,45,52)(H,46,51). The molecule has 6 heterocycles. The van der Waals surface area contributed by atoms with E-state index in [1.807, 2.05) is 12.1 Å². The Morgan fingerprint density at radius 1 is 0.500 bits per heavy atom. The van der Waals surface area contributed by atoms with Crippen LogP contribution in [-0.2, 0) is 0 Å². The van der Waals surface area contributed by atoms with E-state index in [1.54, 1.807) is 36.8 Å². The lowest BCUT2D eigenvalue weighted by Crippen LogP contribution is -2.16. The molecule has 0 spiro atoms. The lowest BCUT2D eigenvalue weighted by atomic mass is 9.92. The van der Waals surface area contributed by atoms with E-state index >= 15 is 17.6 Å². The summed E-state index contributed by atoms with van der Waals surface area (Å²) >= 11 is 0. The molecule has 2 unspecified atom stereocenters. The van der Waals surface area contributed by atoms with Crippen LogP contribution in [0.5, 0.6) is 0 Å². The maximum atomic E-state index is 16.4. The van der Waals surface area contributed by atoms with Gasteiger partial charge < -0.3 is 20.6 Å². The molecule has 0 bridgehead atoms. The maximum Gasteiger partial charge on any atom is 0.168 e. The van der Waals surface area contributed by atoms with E-state index in [0.29, 0.717) is 67.3 Å². The molecule has 0 aliphatic carbocycles. The molecule has 0 saturated heterocycles. The topological polar surface area (TPSA) is 107 Å². The maximum absolute atomic E-state index is 16.4. The summed E-state index contributed by atoms with van der Waals surface area (Å²) in [5.74, 6) is -7.20.